The largest absolute Gasteiger partial charge is 0.513 e. The molecule has 1 aliphatic rings. The summed E-state index contributed by atoms with van der Waals surface area (Å²) in [6.07, 6.45) is 3.48. The molecule has 0 radical (unpaired) electrons. The van der Waals surface area contributed by atoms with Gasteiger partial charge >= 0.3 is 12.3 Å². The van der Waals surface area contributed by atoms with Gasteiger partial charge < -0.3 is 18.9 Å². The van der Waals surface area contributed by atoms with Crippen LogP contribution >= 0.6 is 0 Å². The fourth-order valence-electron chi connectivity index (χ4n) is 2.80. The monoisotopic (exact) mass is 328 g/mol. The van der Waals surface area contributed by atoms with Gasteiger partial charge in [-0.3, -0.25) is 0 Å². The molecule has 0 N–H and O–H groups in total. The molecule has 0 bridgehead atoms. The molecule has 0 aromatic heterocycles. The van der Waals surface area contributed by atoms with Crippen molar-refractivity contribution in [1.29, 1.82) is 0 Å². The van der Waals surface area contributed by atoms with E-state index in [0.29, 0.717) is 35.1 Å². The Hall–Kier alpha value is -3.02. The van der Waals surface area contributed by atoms with Gasteiger partial charge in [0.1, 0.15) is 11.5 Å². The lowest BCUT2D eigenvalue weighted by Gasteiger charge is -2.21. The maximum atomic E-state index is 11.7. The van der Waals surface area contributed by atoms with E-state index >= 15 is 0 Å². The predicted molar refractivity (Wildman–Crippen MR) is 86.6 cm³/mol. The van der Waals surface area contributed by atoms with Crippen molar-refractivity contribution >= 4 is 23.1 Å². The summed E-state index contributed by atoms with van der Waals surface area (Å²) in [5.41, 5.74) is 1.58. The molecule has 24 heavy (non-hydrogen) atoms. The summed E-state index contributed by atoms with van der Waals surface area (Å²) in [4.78, 5) is 23.3. The van der Waals surface area contributed by atoms with Crippen LogP contribution in [0.2, 0.25) is 0 Å². The van der Waals surface area contributed by atoms with E-state index in [0.717, 1.165) is 11.1 Å². The first-order chi connectivity index (χ1) is 11.7. The standard InChI is InChI=1S/C18H16O6/c1-21-17(19)23-15-11-7-3-5-9-13(11)16(24-18(20)22-2)14-10-6-4-8-12(14)15/h3-7,9H,8,10H2,1-2H3. The van der Waals surface area contributed by atoms with Crippen LogP contribution in [0.3, 0.4) is 0 Å². The van der Waals surface area contributed by atoms with E-state index in [1.165, 1.54) is 14.2 Å². The minimum absolute atomic E-state index is 0.425. The second-order valence-corrected chi connectivity index (χ2v) is 5.15. The Balaban J connectivity index is 2.27. The number of hydrogen-bond acceptors (Lipinski definition) is 6. The molecule has 124 valence electrons. The summed E-state index contributed by atoms with van der Waals surface area (Å²) in [6, 6.07) is 7.24. The third-order valence-electron chi connectivity index (χ3n) is 3.84. The van der Waals surface area contributed by atoms with Crippen LogP contribution in [-0.2, 0) is 22.3 Å². The van der Waals surface area contributed by atoms with Gasteiger partial charge in [0.25, 0.3) is 0 Å². The van der Waals surface area contributed by atoms with Crippen LogP contribution in [0.15, 0.2) is 36.4 Å². The van der Waals surface area contributed by atoms with E-state index < -0.39 is 12.3 Å². The number of carbonyl (C=O) groups is 2. The summed E-state index contributed by atoms with van der Waals surface area (Å²) in [5.74, 6) is 0.850. The van der Waals surface area contributed by atoms with Gasteiger partial charge in [-0.15, -0.1) is 0 Å². The lowest BCUT2D eigenvalue weighted by Crippen LogP contribution is -2.14. The van der Waals surface area contributed by atoms with Gasteiger partial charge in [0, 0.05) is 21.9 Å². The van der Waals surface area contributed by atoms with Gasteiger partial charge in [0.05, 0.1) is 14.2 Å². The lowest BCUT2D eigenvalue weighted by molar-refractivity contribution is 0.119. The predicted octanol–water partition coefficient (Wildman–Crippen LogP) is 3.79. The molecule has 2 aromatic carbocycles. The number of allylic oxidation sites excluding steroid dienone is 2. The Bertz CT molecular complexity index is 769. The van der Waals surface area contributed by atoms with Crippen LogP contribution in [0.5, 0.6) is 11.5 Å². The maximum absolute atomic E-state index is 11.7. The number of hydrogen-bond donors (Lipinski definition) is 0. The van der Waals surface area contributed by atoms with E-state index in [4.69, 9.17) is 9.47 Å². The summed E-state index contributed by atoms with van der Waals surface area (Å²) in [5, 5.41) is 1.33. The zero-order valence-corrected chi connectivity index (χ0v) is 13.3. The first-order valence-corrected chi connectivity index (χ1v) is 7.38. The number of carbonyl (C=O) groups excluding carboxylic acids is 2. The third-order valence-corrected chi connectivity index (χ3v) is 3.84. The molecule has 0 saturated carbocycles. The van der Waals surface area contributed by atoms with Gasteiger partial charge in [-0.05, 0) is 12.8 Å². The maximum Gasteiger partial charge on any atom is 0.513 e. The van der Waals surface area contributed by atoms with Crippen molar-refractivity contribution in [2.24, 2.45) is 0 Å². The summed E-state index contributed by atoms with van der Waals surface area (Å²) in [7, 11) is 2.51. The Morgan fingerprint density at radius 2 is 1.21 bits per heavy atom. The molecule has 0 heterocycles. The quantitative estimate of drug-likeness (QED) is 0.474. The van der Waals surface area contributed by atoms with Gasteiger partial charge in [-0.2, -0.15) is 0 Å². The average molecular weight is 328 g/mol. The molecule has 0 spiro atoms. The van der Waals surface area contributed by atoms with Crippen molar-refractivity contribution < 1.29 is 28.5 Å². The highest BCUT2D eigenvalue weighted by atomic mass is 16.7. The molecular weight excluding hydrogens is 312 g/mol. The zero-order chi connectivity index (χ0) is 17.1. The molecule has 3 rings (SSSR count). The molecular formula is C18H16O6. The average Bonchev–Trinajstić information content (AvgIpc) is 2.63. The molecule has 6 heteroatoms. The fourth-order valence-corrected chi connectivity index (χ4v) is 2.80. The van der Waals surface area contributed by atoms with Crippen molar-refractivity contribution in [2.45, 2.75) is 12.8 Å². The number of ether oxygens (including phenoxy) is 4. The third kappa shape index (κ3) is 2.78. The second-order valence-electron chi connectivity index (χ2n) is 5.15. The number of methoxy groups -OCH3 is 2. The summed E-state index contributed by atoms with van der Waals surface area (Å²) in [6.45, 7) is 0. The van der Waals surface area contributed by atoms with Gasteiger partial charge in [0.15, 0.2) is 0 Å². The van der Waals surface area contributed by atoms with E-state index in [2.05, 4.69) is 9.47 Å². The van der Waals surface area contributed by atoms with E-state index in [1.807, 2.05) is 24.3 Å². The van der Waals surface area contributed by atoms with Crippen LogP contribution < -0.4 is 9.47 Å². The van der Waals surface area contributed by atoms with Crippen molar-refractivity contribution in [3.05, 3.63) is 47.5 Å². The van der Waals surface area contributed by atoms with Crippen LogP contribution in [0.1, 0.15) is 11.1 Å². The van der Waals surface area contributed by atoms with Crippen molar-refractivity contribution in [3.63, 3.8) is 0 Å². The Morgan fingerprint density at radius 1 is 0.792 bits per heavy atom. The van der Waals surface area contributed by atoms with Crippen molar-refractivity contribution in [2.75, 3.05) is 14.2 Å². The SMILES string of the molecule is COC(=O)Oc1c2c(c(OC(=O)OC)c3ccccc13)CC=CC2. The van der Waals surface area contributed by atoms with Gasteiger partial charge in [0.2, 0.25) is 0 Å². The fraction of sp³-hybridized carbons (Fsp3) is 0.222. The minimum atomic E-state index is -0.793. The summed E-state index contributed by atoms with van der Waals surface area (Å²) >= 11 is 0. The molecule has 0 amide bonds. The molecule has 0 atom stereocenters. The number of fused-ring (bicyclic) bond motifs is 2. The van der Waals surface area contributed by atoms with Crippen molar-refractivity contribution in [3.8, 4) is 11.5 Å². The van der Waals surface area contributed by atoms with Crippen LogP contribution in [0.25, 0.3) is 10.8 Å². The topological polar surface area (TPSA) is 71.1 Å². The molecule has 1 aliphatic carbocycles. The molecule has 0 unspecified atom stereocenters. The molecule has 0 aliphatic heterocycles. The first-order valence-electron chi connectivity index (χ1n) is 7.38. The Morgan fingerprint density at radius 3 is 1.58 bits per heavy atom. The first kappa shape index (κ1) is 15.9. The van der Waals surface area contributed by atoms with E-state index in [-0.39, 0.29) is 0 Å². The highest BCUT2D eigenvalue weighted by Crippen LogP contribution is 2.43. The Labute approximate surface area is 138 Å². The van der Waals surface area contributed by atoms with Crippen LogP contribution in [-0.4, -0.2) is 26.5 Å². The number of benzene rings is 2. The van der Waals surface area contributed by atoms with Crippen LogP contribution in [0.4, 0.5) is 9.59 Å². The smallest absolute Gasteiger partial charge is 0.437 e. The minimum Gasteiger partial charge on any atom is -0.437 e. The van der Waals surface area contributed by atoms with E-state index in [9.17, 15) is 9.59 Å². The lowest BCUT2D eigenvalue weighted by atomic mass is 9.90. The van der Waals surface area contributed by atoms with Gasteiger partial charge in [-0.1, -0.05) is 36.4 Å². The normalized spacial score (nSPS) is 12.4. The molecule has 0 fully saturated rings. The van der Waals surface area contributed by atoms with Crippen LogP contribution in [0, 0.1) is 0 Å². The Kier molecular flexibility index (Phi) is 4.37. The van der Waals surface area contributed by atoms with Gasteiger partial charge in [-0.25, -0.2) is 9.59 Å². The highest BCUT2D eigenvalue weighted by Gasteiger charge is 2.25. The summed E-state index contributed by atoms with van der Waals surface area (Å²) < 4.78 is 20.0. The second kappa shape index (κ2) is 6.62. The zero-order valence-electron chi connectivity index (χ0n) is 13.3. The molecule has 0 saturated heterocycles. The number of rotatable bonds is 2. The van der Waals surface area contributed by atoms with E-state index in [1.54, 1.807) is 12.1 Å². The molecule has 6 nitrogen and oxygen atoms in total. The molecule has 2 aromatic rings. The highest BCUT2D eigenvalue weighted by molar-refractivity contribution is 5.98. The van der Waals surface area contributed by atoms with Crippen molar-refractivity contribution in [1.82, 2.24) is 0 Å².